The summed E-state index contributed by atoms with van der Waals surface area (Å²) in [4.78, 5) is 12.7. The molecule has 0 radical (unpaired) electrons. The van der Waals surface area contributed by atoms with Gasteiger partial charge in [-0.1, -0.05) is 29.8 Å². The lowest BCUT2D eigenvalue weighted by molar-refractivity contribution is -0.120. The second-order valence-electron chi connectivity index (χ2n) is 5.63. The highest BCUT2D eigenvalue weighted by Gasteiger charge is 2.31. The van der Waals surface area contributed by atoms with Gasteiger partial charge in [0, 0.05) is 0 Å². The minimum atomic E-state index is -0.765. The summed E-state index contributed by atoms with van der Waals surface area (Å²) < 4.78 is 10.5. The van der Waals surface area contributed by atoms with Gasteiger partial charge in [-0.2, -0.15) is 0 Å². The topological polar surface area (TPSA) is 47.6 Å². The Morgan fingerprint density at radius 3 is 2.30 bits per heavy atom. The fourth-order valence-corrected chi connectivity index (χ4v) is 2.38. The number of carbonyl (C=O) groups is 1. The number of carbonyl (C=O) groups excluding carboxylic acids is 1. The summed E-state index contributed by atoms with van der Waals surface area (Å²) in [5.74, 6) is 1.06. The van der Waals surface area contributed by atoms with Crippen molar-refractivity contribution < 1.29 is 14.3 Å². The van der Waals surface area contributed by atoms with Crippen LogP contribution >= 0.6 is 11.6 Å². The monoisotopic (exact) mass is 333 g/mol. The number of rotatable bonds is 5. The zero-order valence-electron chi connectivity index (χ0n) is 13.6. The van der Waals surface area contributed by atoms with Gasteiger partial charge in [-0.15, -0.1) is 0 Å². The summed E-state index contributed by atoms with van der Waals surface area (Å²) in [6.45, 7) is 3.70. The molecule has 0 fully saturated rings. The standard InChI is InChI=1S/C18H20ClNO3/c1-18(2,12-9-10-15(22-3)16(11-12)23-4)17(21)20-14-8-6-5-7-13(14)19/h5-11H,1-4H3,(H,20,21). The van der Waals surface area contributed by atoms with Crippen LogP contribution in [0.15, 0.2) is 42.5 Å². The molecule has 0 atom stereocenters. The second kappa shape index (κ2) is 6.92. The lowest BCUT2D eigenvalue weighted by atomic mass is 9.83. The van der Waals surface area contributed by atoms with Crippen LogP contribution < -0.4 is 14.8 Å². The van der Waals surface area contributed by atoms with Crippen LogP contribution in [-0.4, -0.2) is 20.1 Å². The molecule has 0 unspecified atom stereocenters. The average molecular weight is 334 g/mol. The number of ether oxygens (including phenoxy) is 2. The third-order valence-corrected chi connectivity index (χ3v) is 4.12. The van der Waals surface area contributed by atoms with Gasteiger partial charge in [0.2, 0.25) is 5.91 Å². The van der Waals surface area contributed by atoms with Crippen molar-refractivity contribution in [1.82, 2.24) is 0 Å². The summed E-state index contributed by atoms with van der Waals surface area (Å²) in [5, 5.41) is 3.38. The van der Waals surface area contributed by atoms with Crippen molar-refractivity contribution in [2.24, 2.45) is 0 Å². The van der Waals surface area contributed by atoms with Crippen molar-refractivity contribution >= 4 is 23.2 Å². The Morgan fingerprint density at radius 1 is 1.04 bits per heavy atom. The zero-order chi connectivity index (χ0) is 17.0. The van der Waals surface area contributed by atoms with E-state index in [0.29, 0.717) is 22.2 Å². The summed E-state index contributed by atoms with van der Waals surface area (Å²) in [6.07, 6.45) is 0. The van der Waals surface area contributed by atoms with Gasteiger partial charge in [0.1, 0.15) is 0 Å². The molecule has 0 aliphatic heterocycles. The van der Waals surface area contributed by atoms with Gasteiger partial charge in [0.25, 0.3) is 0 Å². The smallest absolute Gasteiger partial charge is 0.234 e. The van der Waals surface area contributed by atoms with Gasteiger partial charge in [-0.3, -0.25) is 4.79 Å². The van der Waals surface area contributed by atoms with E-state index in [1.165, 1.54) is 0 Å². The molecule has 0 saturated carbocycles. The molecule has 0 aromatic heterocycles. The van der Waals surface area contributed by atoms with Crippen LogP contribution in [0.25, 0.3) is 0 Å². The molecular formula is C18H20ClNO3. The van der Waals surface area contributed by atoms with Gasteiger partial charge in [-0.05, 0) is 43.7 Å². The van der Waals surface area contributed by atoms with Crippen molar-refractivity contribution in [2.45, 2.75) is 19.3 Å². The van der Waals surface area contributed by atoms with E-state index in [1.54, 1.807) is 32.4 Å². The van der Waals surface area contributed by atoms with Crippen LogP contribution in [0.4, 0.5) is 5.69 Å². The number of nitrogens with one attached hydrogen (secondary N) is 1. The van der Waals surface area contributed by atoms with Crippen LogP contribution in [0.3, 0.4) is 0 Å². The van der Waals surface area contributed by atoms with Gasteiger partial charge in [-0.25, -0.2) is 0 Å². The van der Waals surface area contributed by atoms with E-state index in [0.717, 1.165) is 5.56 Å². The fourth-order valence-electron chi connectivity index (χ4n) is 2.20. The Morgan fingerprint density at radius 2 is 1.70 bits per heavy atom. The van der Waals surface area contributed by atoms with Gasteiger partial charge in [0.05, 0.1) is 30.3 Å². The van der Waals surface area contributed by atoms with Gasteiger partial charge in [0.15, 0.2) is 11.5 Å². The third-order valence-electron chi connectivity index (χ3n) is 3.79. The number of amides is 1. The van der Waals surface area contributed by atoms with Crippen LogP contribution in [-0.2, 0) is 10.2 Å². The first kappa shape index (κ1) is 17.2. The molecule has 122 valence electrons. The summed E-state index contributed by atoms with van der Waals surface area (Å²) >= 11 is 6.10. The van der Waals surface area contributed by atoms with Gasteiger partial charge < -0.3 is 14.8 Å². The molecule has 0 heterocycles. The molecular weight excluding hydrogens is 314 g/mol. The third kappa shape index (κ3) is 3.59. The number of hydrogen-bond donors (Lipinski definition) is 1. The molecule has 0 bridgehead atoms. The quantitative estimate of drug-likeness (QED) is 0.888. The first-order chi connectivity index (χ1) is 10.9. The molecule has 4 nitrogen and oxygen atoms in total. The highest BCUT2D eigenvalue weighted by molar-refractivity contribution is 6.33. The fraction of sp³-hybridized carbons (Fsp3) is 0.278. The Kier molecular flexibility index (Phi) is 5.16. The summed E-state index contributed by atoms with van der Waals surface area (Å²) in [6, 6.07) is 12.6. The van der Waals surface area contributed by atoms with Crippen LogP contribution in [0, 0.1) is 0 Å². The predicted octanol–water partition coefficient (Wildman–Crippen LogP) is 4.27. The van der Waals surface area contributed by atoms with Crippen molar-refractivity contribution in [3.8, 4) is 11.5 Å². The highest BCUT2D eigenvalue weighted by atomic mass is 35.5. The second-order valence-corrected chi connectivity index (χ2v) is 6.04. The molecule has 2 aromatic rings. The van der Waals surface area contributed by atoms with E-state index < -0.39 is 5.41 Å². The maximum Gasteiger partial charge on any atom is 0.234 e. The number of para-hydroxylation sites is 1. The Balaban J connectivity index is 2.30. The predicted molar refractivity (Wildman–Crippen MR) is 92.7 cm³/mol. The van der Waals surface area contributed by atoms with E-state index >= 15 is 0 Å². The van der Waals surface area contributed by atoms with Crippen LogP contribution in [0.1, 0.15) is 19.4 Å². The van der Waals surface area contributed by atoms with Crippen molar-refractivity contribution in [3.05, 3.63) is 53.1 Å². The summed E-state index contributed by atoms with van der Waals surface area (Å²) in [5.41, 5.74) is 0.644. The lowest BCUT2D eigenvalue weighted by Gasteiger charge is -2.25. The molecule has 0 aliphatic rings. The Labute approximate surface area is 141 Å². The maximum absolute atomic E-state index is 12.7. The average Bonchev–Trinajstić information content (AvgIpc) is 2.56. The summed E-state index contributed by atoms with van der Waals surface area (Å²) in [7, 11) is 3.14. The van der Waals surface area contributed by atoms with Crippen LogP contribution in [0.5, 0.6) is 11.5 Å². The molecule has 0 aliphatic carbocycles. The first-order valence-electron chi connectivity index (χ1n) is 7.18. The SMILES string of the molecule is COc1ccc(C(C)(C)C(=O)Nc2ccccc2Cl)cc1OC. The van der Waals surface area contributed by atoms with Crippen molar-refractivity contribution in [3.63, 3.8) is 0 Å². The Bertz CT molecular complexity index is 713. The van der Waals surface area contributed by atoms with Crippen LogP contribution in [0.2, 0.25) is 5.02 Å². The maximum atomic E-state index is 12.7. The van der Waals surface area contributed by atoms with E-state index in [2.05, 4.69) is 5.32 Å². The molecule has 1 N–H and O–H groups in total. The number of benzene rings is 2. The number of hydrogen-bond acceptors (Lipinski definition) is 3. The molecule has 5 heteroatoms. The Hall–Kier alpha value is -2.20. The molecule has 0 saturated heterocycles. The molecule has 1 amide bonds. The number of halogens is 1. The normalized spacial score (nSPS) is 11.0. The van der Waals surface area contributed by atoms with Crippen molar-refractivity contribution in [2.75, 3.05) is 19.5 Å². The van der Waals surface area contributed by atoms with Crippen molar-refractivity contribution in [1.29, 1.82) is 0 Å². The van der Waals surface area contributed by atoms with E-state index in [1.807, 2.05) is 38.1 Å². The molecule has 23 heavy (non-hydrogen) atoms. The molecule has 0 spiro atoms. The lowest BCUT2D eigenvalue weighted by Crippen LogP contribution is -2.34. The van der Waals surface area contributed by atoms with E-state index in [-0.39, 0.29) is 5.91 Å². The van der Waals surface area contributed by atoms with E-state index in [4.69, 9.17) is 21.1 Å². The highest BCUT2D eigenvalue weighted by Crippen LogP contribution is 2.34. The minimum absolute atomic E-state index is 0.155. The van der Waals surface area contributed by atoms with Gasteiger partial charge >= 0.3 is 0 Å². The number of methoxy groups -OCH3 is 2. The number of anilines is 1. The van der Waals surface area contributed by atoms with E-state index in [9.17, 15) is 4.79 Å². The first-order valence-corrected chi connectivity index (χ1v) is 7.56. The largest absolute Gasteiger partial charge is 0.493 e. The minimum Gasteiger partial charge on any atom is -0.493 e. The molecule has 2 aromatic carbocycles. The zero-order valence-corrected chi connectivity index (χ0v) is 14.4. The molecule has 2 rings (SSSR count).